The first kappa shape index (κ1) is 13.0. The van der Waals surface area contributed by atoms with E-state index in [0.29, 0.717) is 11.3 Å². The molecule has 1 heterocycles. The number of Topliss-reactive ketones (excluding diaryl/α,β-unsaturated/α-hetero) is 1. The van der Waals surface area contributed by atoms with Crippen LogP contribution in [-0.2, 0) is 6.42 Å². The number of hydrogen-bond acceptors (Lipinski definition) is 2. The molecule has 0 aliphatic heterocycles. The van der Waals surface area contributed by atoms with Crippen LogP contribution in [-0.4, -0.2) is 5.78 Å². The van der Waals surface area contributed by atoms with E-state index >= 15 is 0 Å². The SMILES string of the molecule is Cc1cccc(CC(=O)c2cc3cc(F)ccc3s2)c1. The van der Waals surface area contributed by atoms with Crippen LogP contribution in [0.5, 0.6) is 0 Å². The summed E-state index contributed by atoms with van der Waals surface area (Å²) in [6.07, 6.45) is 0.386. The van der Waals surface area contributed by atoms with Crippen molar-refractivity contribution in [3.8, 4) is 0 Å². The molecule has 0 fully saturated rings. The van der Waals surface area contributed by atoms with E-state index in [-0.39, 0.29) is 11.6 Å². The summed E-state index contributed by atoms with van der Waals surface area (Å²) in [5, 5.41) is 0.794. The van der Waals surface area contributed by atoms with Gasteiger partial charge in [-0.2, -0.15) is 0 Å². The Hall–Kier alpha value is -2.00. The topological polar surface area (TPSA) is 17.1 Å². The second-order valence-corrected chi connectivity index (χ2v) is 5.97. The van der Waals surface area contributed by atoms with E-state index in [2.05, 4.69) is 0 Å². The molecule has 100 valence electrons. The van der Waals surface area contributed by atoms with Crippen LogP contribution >= 0.6 is 11.3 Å². The summed E-state index contributed by atoms with van der Waals surface area (Å²) in [5.41, 5.74) is 2.16. The predicted octanol–water partition coefficient (Wildman–Crippen LogP) is 4.77. The van der Waals surface area contributed by atoms with Crippen molar-refractivity contribution in [1.82, 2.24) is 0 Å². The zero-order valence-electron chi connectivity index (χ0n) is 11.0. The van der Waals surface area contributed by atoms with Crippen LogP contribution in [0, 0.1) is 12.7 Å². The summed E-state index contributed by atoms with van der Waals surface area (Å²) >= 11 is 1.42. The molecule has 0 unspecified atom stereocenters. The Morgan fingerprint density at radius 1 is 1.15 bits per heavy atom. The summed E-state index contributed by atoms with van der Waals surface area (Å²) in [6, 6.07) is 14.3. The fourth-order valence-electron chi connectivity index (χ4n) is 2.25. The fourth-order valence-corrected chi connectivity index (χ4v) is 3.23. The maximum atomic E-state index is 13.2. The minimum absolute atomic E-state index is 0.0807. The van der Waals surface area contributed by atoms with Gasteiger partial charge >= 0.3 is 0 Å². The van der Waals surface area contributed by atoms with Gasteiger partial charge in [-0.1, -0.05) is 29.8 Å². The van der Waals surface area contributed by atoms with Crippen LogP contribution in [0.25, 0.3) is 10.1 Å². The smallest absolute Gasteiger partial charge is 0.177 e. The van der Waals surface area contributed by atoms with E-state index in [1.54, 1.807) is 12.1 Å². The number of carbonyl (C=O) groups excluding carboxylic acids is 1. The van der Waals surface area contributed by atoms with E-state index in [0.717, 1.165) is 21.2 Å². The molecule has 3 heteroatoms. The number of thiophene rings is 1. The molecule has 0 saturated carbocycles. The quantitative estimate of drug-likeness (QED) is 0.633. The normalized spacial score (nSPS) is 10.9. The van der Waals surface area contributed by atoms with Gasteiger partial charge in [0, 0.05) is 11.1 Å². The number of ketones is 1. The molecule has 0 spiro atoms. The lowest BCUT2D eigenvalue weighted by atomic mass is 10.1. The van der Waals surface area contributed by atoms with Crippen molar-refractivity contribution in [2.45, 2.75) is 13.3 Å². The van der Waals surface area contributed by atoms with Gasteiger partial charge in [-0.3, -0.25) is 4.79 Å². The molecule has 0 radical (unpaired) electrons. The number of hydrogen-bond donors (Lipinski definition) is 0. The van der Waals surface area contributed by atoms with Crippen LogP contribution < -0.4 is 0 Å². The van der Waals surface area contributed by atoms with Gasteiger partial charge in [-0.05, 0) is 42.1 Å². The van der Waals surface area contributed by atoms with E-state index in [9.17, 15) is 9.18 Å². The Kier molecular flexibility index (Phi) is 3.36. The molecule has 0 aliphatic carbocycles. The standard InChI is InChI=1S/C17H13FOS/c1-11-3-2-4-12(7-11)8-15(19)17-10-13-9-14(18)5-6-16(13)20-17/h2-7,9-10H,8H2,1H3. The summed E-state index contributed by atoms with van der Waals surface area (Å²) in [4.78, 5) is 13.0. The fraction of sp³-hybridized carbons (Fsp3) is 0.118. The minimum atomic E-state index is -0.270. The van der Waals surface area contributed by atoms with E-state index in [1.807, 2.05) is 31.2 Å². The number of carbonyl (C=O) groups is 1. The average molecular weight is 284 g/mol. The van der Waals surface area contributed by atoms with Crippen molar-refractivity contribution < 1.29 is 9.18 Å². The minimum Gasteiger partial charge on any atom is -0.293 e. The first-order valence-corrected chi connectivity index (χ1v) is 7.21. The molecule has 0 N–H and O–H groups in total. The number of rotatable bonds is 3. The molecule has 2 aromatic carbocycles. The molecule has 0 bridgehead atoms. The Bertz CT molecular complexity index is 789. The van der Waals surface area contributed by atoms with Gasteiger partial charge in [0.2, 0.25) is 0 Å². The lowest BCUT2D eigenvalue weighted by molar-refractivity contribution is 0.0997. The number of fused-ring (bicyclic) bond motifs is 1. The van der Waals surface area contributed by atoms with Gasteiger partial charge < -0.3 is 0 Å². The number of halogens is 1. The van der Waals surface area contributed by atoms with Crippen LogP contribution in [0.2, 0.25) is 0 Å². The van der Waals surface area contributed by atoms with Gasteiger partial charge in [0.25, 0.3) is 0 Å². The molecule has 3 aromatic rings. The molecule has 0 saturated heterocycles. The first-order valence-electron chi connectivity index (χ1n) is 6.40. The third kappa shape index (κ3) is 2.63. The van der Waals surface area contributed by atoms with Crippen molar-refractivity contribution in [3.05, 3.63) is 70.4 Å². The molecule has 1 aromatic heterocycles. The van der Waals surface area contributed by atoms with Crippen molar-refractivity contribution >= 4 is 27.2 Å². The summed E-state index contributed by atoms with van der Waals surface area (Å²) in [6.45, 7) is 2.01. The van der Waals surface area contributed by atoms with Gasteiger partial charge in [-0.15, -0.1) is 11.3 Å². The lowest BCUT2D eigenvalue weighted by Gasteiger charge is -2.00. The summed E-state index contributed by atoms with van der Waals surface area (Å²) in [5.74, 6) is -0.190. The van der Waals surface area contributed by atoms with Crippen molar-refractivity contribution in [2.24, 2.45) is 0 Å². The highest BCUT2D eigenvalue weighted by molar-refractivity contribution is 7.20. The molecule has 1 nitrogen and oxygen atoms in total. The predicted molar refractivity (Wildman–Crippen MR) is 81.0 cm³/mol. The molecular formula is C17H13FOS. The van der Waals surface area contributed by atoms with E-state index in [1.165, 1.54) is 23.5 Å². The summed E-state index contributed by atoms with van der Waals surface area (Å²) in [7, 11) is 0. The maximum absolute atomic E-state index is 13.2. The Labute approximate surface area is 120 Å². The highest BCUT2D eigenvalue weighted by Crippen LogP contribution is 2.27. The van der Waals surface area contributed by atoms with Crippen molar-refractivity contribution in [1.29, 1.82) is 0 Å². The van der Waals surface area contributed by atoms with Crippen LogP contribution in [0.15, 0.2) is 48.5 Å². The van der Waals surface area contributed by atoms with Crippen molar-refractivity contribution in [2.75, 3.05) is 0 Å². The van der Waals surface area contributed by atoms with Gasteiger partial charge in [-0.25, -0.2) is 4.39 Å². The van der Waals surface area contributed by atoms with Gasteiger partial charge in [0.1, 0.15) is 5.82 Å². The molecule has 3 rings (SSSR count). The van der Waals surface area contributed by atoms with Gasteiger partial charge in [0.15, 0.2) is 5.78 Å². The van der Waals surface area contributed by atoms with Crippen molar-refractivity contribution in [3.63, 3.8) is 0 Å². The molecule has 0 atom stereocenters. The zero-order chi connectivity index (χ0) is 14.1. The number of benzene rings is 2. The average Bonchev–Trinajstić information content (AvgIpc) is 2.81. The lowest BCUT2D eigenvalue weighted by Crippen LogP contribution is -2.01. The second-order valence-electron chi connectivity index (χ2n) is 4.88. The monoisotopic (exact) mass is 284 g/mol. The molecule has 20 heavy (non-hydrogen) atoms. The highest BCUT2D eigenvalue weighted by atomic mass is 32.1. The first-order chi connectivity index (χ1) is 9.61. The number of aryl methyl sites for hydroxylation is 1. The Morgan fingerprint density at radius 2 is 2.00 bits per heavy atom. The Morgan fingerprint density at radius 3 is 2.80 bits per heavy atom. The third-order valence-electron chi connectivity index (χ3n) is 3.20. The third-order valence-corrected chi connectivity index (χ3v) is 4.36. The van der Waals surface area contributed by atoms with E-state index in [4.69, 9.17) is 0 Å². The maximum Gasteiger partial charge on any atom is 0.177 e. The molecule has 0 amide bonds. The second kappa shape index (κ2) is 5.17. The summed E-state index contributed by atoms with van der Waals surface area (Å²) < 4.78 is 14.1. The van der Waals surface area contributed by atoms with Crippen LogP contribution in [0.3, 0.4) is 0 Å². The van der Waals surface area contributed by atoms with Crippen LogP contribution in [0.1, 0.15) is 20.8 Å². The molecule has 0 aliphatic rings. The zero-order valence-corrected chi connectivity index (χ0v) is 11.8. The largest absolute Gasteiger partial charge is 0.293 e. The highest BCUT2D eigenvalue weighted by Gasteiger charge is 2.11. The molecular weight excluding hydrogens is 271 g/mol. The van der Waals surface area contributed by atoms with E-state index < -0.39 is 0 Å². The Balaban J connectivity index is 1.88. The van der Waals surface area contributed by atoms with Gasteiger partial charge in [0.05, 0.1) is 4.88 Å². The van der Waals surface area contributed by atoms with Crippen LogP contribution in [0.4, 0.5) is 4.39 Å².